The second-order valence-electron chi connectivity index (χ2n) is 3.75. The highest BCUT2D eigenvalue weighted by molar-refractivity contribution is 5.91. The van der Waals surface area contributed by atoms with Crippen molar-refractivity contribution in [2.75, 3.05) is 0 Å². The monoisotopic (exact) mass is 202 g/mol. The van der Waals surface area contributed by atoms with Crippen molar-refractivity contribution in [2.24, 2.45) is 0 Å². The van der Waals surface area contributed by atoms with Gasteiger partial charge in [-0.2, -0.15) is 0 Å². The van der Waals surface area contributed by atoms with Gasteiger partial charge in [0.15, 0.2) is 5.78 Å². The number of ketones is 1. The molecular weight excluding hydrogens is 184 g/mol. The first kappa shape index (κ1) is 11.7. The first-order chi connectivity index (χ1) is 7.24. The fraction of sp³-hybridized carbons (Fsp3) is 0.357. The molecule has 1 nitrogen and oxygen atoms in total. The first-order valence-electron chi connectivity index (χ1n) is 5.50. The van der Waals surface area contributed by atoms with Gasteiger partial charge in [0.25, 0.3) is 0 Å². The zero-order valence-corrected chi connectivity index (χ0v) is 9.49. The Labute approximate surface area is 91.8 Å². The van der Waals surface area contributed by atoms with Gasteiger partial charge >= 0.3 is 0 Å². The van der Waals surface area contributed by atoms with Crippen molar-refractivity contribution in [3.05, 3.63) is 41.5 Å². The Kier molecular flexibility index (Phi) is 4.82. The van der Waals surface area contributed by atoms with E-state index < -0.39 is 0 Å². The number of hydrogen-bond acceptors (Lipinski definition) is 1. The second-order valence-corrected chi connectivity index (χ2v) is 3.75. The van der Waals surface area contributed by atoms with E-state index in [1.165, 1.54) is 24.0 Å². The molecule has 0 saturated carbocycles. The molecule has 0 saturated heterocycles. The fourth-order valence-electron chi connectivity index (χ4n) is 1.50. The molecule has 1 aromatic rings. The Bertz CT molecular complexity index is 350. The number of allylic oxidation sites excluding steroid dienone is 1. The van der Waals surface area contributed by atoms with E-state index in [0.29, 0.717) is 0 Å². The molecular formula is C14H18O. The molecule has 15 heavy (non-hydrogen) atoms. The van der Waals surface area contributed by atoms with Crippen LogP contribution in [0.2, 0.25) is 0 Å². The van der Waals surface area contributed by atoms with Gasteiger partial charge in [-0.3, -0.25) is 4.79 Å². The molecule has 0 amide bonds. The topological polar surface area (TPSA) is 17.1 Å². The molecule has 0 atom stereocenters. The maximum Gasteiger partial charge on any atom is 0.152 e. The van der Waals surface area contributed by atoms with Gasteiger partial charge in [0.05, 0.1) is 0 Å². The van der Waals surface area contributed by atoms with Crippen molar-refractivity contribution in [3.63, 3.8) is 0 Å². The summed E-state index contributed by atoms with van der Waals surface area (Å²) in [6, 6.07) is 8.26. The van der Waals surface area contributed by atoms with E-state index in [1.54, 1.807) is 13.0 Å². The Hall–Kier alpha value is -1.37. The quantitative estimate of drug-likeness (QED) is 0.666. The van der Waals surface area contributed by atoms with Crippen LogP contribution in [0, 0.1) is 0 Å². The number of hydrogen-bond donors (Lipinski definition) is 0. The highest BCUT2D eigenvalue weighted by Gasteiger charge is 1.97. The third-order valence-electron chi connectivity index (χ3n) is 2.35. The summed E-state index contributed by atoms with van der Waals surface area (Å²) in [6.45, 7) is 3.76. The maximum absolute atomic E-state index is 10.9. The highest BCUT2D eigenvalue weighted by atomic mass is 16.1. The Balaban J connectivity index is 2.81. The third kappa shape index (κ3) is 4.11. The molecule has 0 aliphatic carbocycles. The van der Waals surface area contributed by atoms with Crippen LogP contribution in [0.25, 0.3) is 6.08 Å². The molecule has 0 bridgehead atoms. The third-order valence-corrected chi connectivity index (χ3v) is 2.35. The van der Waals surface area contributed by atoms with Gasteiger partial charge in [0.1, 0.15) is 0 Å². The zero-order chi connectivity index (χ0) is 11.1. The lowest BCUT2D eigenvalue weighted by molar-refractivity contribution is -0.112. The normalized spacial score (nSPS) is 10.8. The number of benzene rings is 1. The second kappa shape index (κ2) is 6.18. The molecule has 0 spiro atoms. The molecule has 1 aromatic carbocycles. The van der Waals surface area contributed by atoms with Crippen molar-refractivity contribution in [2.45, 2.75) is 33.1 Å². The molecule has 1 rings (SSSR count). The molecule has 0 aliphatic heterocycles. The molecule has 1 heteroatoms. The van der Waals surface area contributed by atoms with Crippen molar-refractivity contribution < 1.29 is 4.79 Å². The summed E-state index contributed by atoms with van der Waals surface area (Å²) < 4.78 is 0. The SMILES string of the molecule is CCCCc1ccccc1/C=C\C(C)=O. The minimum Gasteiger partial charge on any atom is -0.295 e. The zero-order valence-electron chi connectivity index (χ0n) is 9.49. The minimum atomic E-state index is 0.0975. The van der Waals surface area contributed by atoms with Gasteiger partial charge in [0, 0.05) is 0 Å². The Morgan fingerprint density at radius 2 is 2.07 bits per heavy atom. The fourth-order valence-corrected chi connectivity index (χ4v) is 1.50. The number of carbonyl (C=O) groups excluding carboxylic acids is 1. The van der Waals surface area contributed by atoms with E-state index in [2.05, 4.69) is 25.1 Å². The molecule has 0 heterocycles. The predicted octanol–water partition coefficient (Wildman–Crippen LogP) is 3.63. The molecule has 0 unspecified atom stereocenters. The van der Waals surface area contributed by atoms with E-state index in [1.807, 2.05) is 12.1 Å². The van der Waals surface area contributed by atoms with E-state index in [4.69, 9.17) is 0 Å². The largest absolute Gasteiger partial charge is 0.295 e. The van der Waals surface area contributed by atoms with E-state index in [-0.39, 0.29) is 5.78 Å². The standard InChI is InChI=1S/C14H18O/c1-3-4-7-13-8-5-6-9-14(13)11-10-12(2)15/h5-6,8-11H,3-4,7H2,1-2H3/b11-10-. The molecule has 0 fully saturated rings. The van der Waals surface area contributed by atoms with E-state index >= 15 is 0 Å². The summed E-state index contributed by atoms with van der Waals surface area (Å²) in [7, 11) is 0. The van der Waals surface area contributed by atoms with Gasteiger partial charge < -0.3 is 0 Å². The number of rotatable bonds is 5. The van der Waals surface area contributed by atoms with Crippen LogP contribution in [0.5, 0.6) is 0 Å². The summed E-state index contributed by atoms with van der Waals surface area (Å²) in [5.41, 5.74) is 2.50. The van der Waals surface area contributed by atoms with Crippen LogP contribution in [0.4, 0.5) is 0 Å². The van der Waals surface area contributed by atoms with Gasteiger partial charge in [-0.15, -0.1) is 0 Å². The predicted molar refractivity (Wildman–Crippen MR) is 64.8 cm³/mol. The molecule has 0 aliphatic rings. The van der Waals surface area contributed by atoms with Gasteiger partial charge in [0.2, 0.25) is 0 Å². The molecule has 0 radical (unpaired) electrons. The summed E-state index contributed by atoms with van der Waals surface area (Å²) in [6.07, 6.45) is 7.03. The molecule has 0 N–H and O–H groups in total. The summed E-state index contributed by atoms with van der Waals surface area (Å²) in [5.74, 6) is 0.0975. The lowest BCUT2D eigenvalue weighted by Gasteiger charge is -2.04. The average Bonchev–Trinajstić information content (AvgIpc) is 2.24. The van der Waals surface area contributed by atoms with Crippen LogP contribution in [-0.4, -0.2) is 5.78 Å². The summed E-state index contributed by atoms with van der Waals surface area (Å²) in [5, 5.41) is 0. The van der Waals surface area contributed by atoms with Crippen LogP contribution in [0.15, 0.2) is 30.3 Å². The van der Waals surface area contributed by atoms with Crippen LogP contribution in [0.1, 0.15) is 37.8 Å². The molecule has 80 valence electrons. The van der Waals surface area contributed by atoms with Gasteiger partial charge in [-0.25, -0.2) is 0 Å². The smallest absolute Gasteiger partial charge is 0.152 e. The number of aryl methyl sites for hydroxylation is 1. The van der Waals surface area contributed by atoms with Crippen molar-refractivity contribution >= 4 is 11.9 Å². The van der Waals surface area contributed by atoms with Gasteiger partial charge in [-0.1, -0.05) is 43.7 Å². The average molecular weight is 202 g/mol. The van der Waals surface area contributed by atoms with Crippen molar-refractivity contribution in [3.8, 4) is 0 Å². The van der Waals surface area contributed by atoms with E-state index in [0.717, 1.165) is 6.42 Å². The van der Waals surface area contributed by atoms with Crippen LogP contribution < -0.4 is 0 Å². The molecule has 0 aromatic heterocycles. The lowest BCUT2D eigenvalue weighted by Crippen LogP contribution is -1.89. The first-order valence-corrected chi connectivity index (χ1v) is 5.50. The summed E-state index contributed by atoms with van der Waals surface area (Å²) in [4.78, 5) is 10.9. The highest BCUT2D eigenvalue weighted by Crippen LogP contribution is 2.13. The summed E-state index contributed by atoms with van der Waals surface area (Å²) >= 11 is 0. The van der Waals surface area contributed by atoms with Crippen molar-refractivity contribution in [1.29, 1.82) is 0 Å². The van der Waals surface area contributed by atoms with Crippen LogP contribution in [-0.2, 0) is 11.2 Å². The number of carbonyl (C=O) groups is 1. The maximum atomic E-state index is 10.9. The Morgan fingerprint density at radius 3 is 2.73 bits per heavy atom. The van der Waals surface area contributed by atoms with Crippen LogP contribution in [0.3, 0.4) is 0 Å². The Morgan fingerprint density at radius 1 is 1.33 bits per heavy atom. The number of unbranched alkanes of at least 4 members (excludes halogenated alkanes) is 1. The van der Waals surface area contributed by atoms with E-state index in [9.17, 15) is 4.79 Å². The van der Waals surface area contributed by atoms with Gasteiger partial charge in [-0.05, 0) is 37.0 Å². The van der Waals surface area contributed by atoms with Crippen LogP contribution >= 0.6 is 0 Å². The minimum absolute atomic E-state index is 0.0975. The lowest BCUT2D eigenvalue weighted by atomic mass is 10.0. The van der Waals surface area contributed by atoms with Crippen molar-refractivity contribution in [1.82, 2.24) is 0 Å².